The number of hydrogen-bond acceptors (Lipinski definition) is 3. The van der Waals surface area contributed by atoms with Crippen LogP contribution in [-0.2, 0) is 4.79 Å². The molecule has 1 N–H and O–H groups in total. The number of carbonyl (C=O) groups excluding carboxylic acids is 3. The van der Waals surface area contributed by atoms with E-state index in [4.69, 9.17) is 0 Å². The highest BCUT2D eigenvalue weighted by Gasteiger charge is 2.41. The van der Waals surface area contributed by atoms with E-state index in [2.05, 4.69) is 5.32 Å². The van der Waals surface area contributed by atoms with Crippen LogP contribution in [0, 0.1) is 6.92 Å². The van der Waals surface area contributed by atoms with Crippen LogP contribution in [0.15, 0.2) is 54.6 Å². The Bertz CT molecular complexity index is 923. The van der Waals surface area contributed by atoms with E-state index in [1.54, 1.807) is 21.9 Å². The molecule has 2 heterocycles. The lowest BCUT2D eigenvalue weighted by Crippen LogP contribution is -2.49. The molecule has 0 unspecified atom stereocenters. The van der Waals surface area contributed by atoms with E-state index in [9.17, 15) is 14.4 Å². The Morgan fingerprint density at radius 1 is 1.00 bits per heavy atom. The quantitative estimate of drug-likeness (QED) is 0.813. The Morgan fingerprint density at radius 2 is 1.72 bits per heavy atom. The van der Waals surface area contributed by atoms with Crippen molar-refractivity contribution in [3.63, 3.8) is 0 Å². The zero-order valence-corrected chi connectivity index (χ0v) is 16.4. The zero-order chi connectivity index (χ0) is 20.4. The van der Waals surface area contributed by atoms with Crippen LogP contribution in [0.3, 0.4) is 0 Å². The lowest BCUT2D eigenvalue weighted by molar-refractivity contribution is -0.116. The van der Waals surface area contributed by atoms with Crippen LogP contribution in [0.4, 0.5) is 21.0 Å². The smallest absolute Gasteiger partial charge is 0.324 e. The second kappa shape index (κ2) is 7.95. The second-order valence-electron chi connectivity index (χ2n) is 7.49. The molecular weight excluding hydrogens is 368 g/mol. The minimum absolute atomic E-state index is 0.0387. The highest BCUT2D eigenvalue weighted by Crippen LogP contribution is 2.26. The number of carbonyl (C=O) groups is 3. The molecule has 2 aliphatic rings. The number of para-hydroxylation sites is 1. The number of nitrogens with zero attached hydrogens (tertiary/aromatic N) is 3. The molecule has 7 heteroatoms. The fourth-order valence-corrected chi connectivity index (χ4v) is 3.94. The van der Waals surface area contributed by atoms with Gasteiger partial charge in [0.2, 0.25) is 0 Å². The van der Waals surface area contributed by atoms with E-state index in [0.29, 0.717) is 31.6 Å². The number of urea groups is 2. The second-order valence-corrected chi connectivity index (χ2v) is 7.49. The molecule has 150 valence electrons. The van der Waals surface area contributed by atoms with E-state index < -0.39 is 0 Å². The first kappa shape index (κ1) is 19.0. The van der Waals surface area contributed by atoms with Gasteiger partial charge in [-0.2, -0.15) is 0 Å². The maximum absolute atomic E-state index is 12.8. The number of aryl methyl sites for hydroxylation is 1. The van der Waals surface area contributed by atoms with Gasteiger partial charge in [-0.05, 0) is 49.6 Å². The van der Waals surface area contributed by atoms with E-state index >= 15 is 0 Å². The Labute approximate surface area is 169 Å². The maximum atomic E-state index is 12.8. The van der Waals surface area contributed by atoms with Crippen LogP contribution in [0.1, 0.15) is 18.4 Å². The van der Waals surface area contributed by atoms with Crippen molar-refractivity contribution >= 4 is 29.3 Å². The summed E-state index contributed by atoms with van der Waals surface area (Å²) in [4.78, 5) is 42.5. The van der Waals surface area contributed by atoms with Crippen LogP contribution in [0.5, 0.6) is 0 Å². The summed E-state index contributed by atoms with van der Waals surface area (Å²) in [5.74, 6) is -0.208. The molecule has 0 aliphatic carbocycles. The molecule has 4 rings (SSSR count). The fourth-order valence-electron chi connectivity index (χ4n) is 3.94. The summed E-state index contributed by atoms with van der Waals surface area (Å²) in [6, 6.07) is 16.2. The highest BCUT2D eigenvalue weighted by atomic mass is 16.2. The van der Waals surface area contributed by atoms with E-state index in [1.807, 2.05) is 49.4 Å². The Hall–Kier alpha value is -3.35. The SMILES string of the molecule is Cc1cccc(NC(=O)N2CCC(N3CC(=O)N(c4ccccc4)C3=O)CC2)c1. The van der Waals surface area contributed by atoms with Gasteiger partial charge in [0.25, 0.3) is 5.91 Å². The van der Waals surface area contributed by atoms with Crippen molar-refractivity contribution < 1.29 is 14.4 Å². The maximum Gasteiger partial charge on any atom is 0.332 e. The Morgan fingerprint density at radius 3 is 2.41 bits per heavy atom. The summed E-state index contributed by atoms with van der Waals surface area (Å²) >= 11 is 0. The molecule has 7 nitrogen and oxygen atoms in total. The molecule has 0 saturated carbocycles. The number of piperidine rings is 1. The number of anilines is 2. The van der Waals surface area contributed by atoms with Gasteiger partial charge in [-0.1, -0.05) is 30.3 Å². The van der Waals surface area contributed by atoms with Crippen LogP contribution in [0.2, 0.25) is 0 Å². The topological polar surface area (TPSA) is 73.0 Å². The lowest BCUT2D eigenvalue weighted by atomic mass is 10.0. The standard InChI is InChI=1S/C22H24N4O3/c1-16-6-5-7-17(14-16)23-21(28)24-12-10-18(11-13-24)25-15-20(27)26(22(25)29)19-8-3-2-4-9-19/h2-9,14,18H,10-13,15H2,1H3,(H,23,28). The Kier molecular flexibility index (Phi) is 5.20. The largest absolute Gasteiger partial charge is 0.332 e. The molecular formula is C22H24N4O3. The third kappa shape index (κ3) is 3.94. The third-order valence-corrected chi connectivity index (χ3v) is 5.47. The van der Waals surface area contributed by atoms with Crippen molar-refractivity contribution in [3.05, 3.63) is 60.2 Å². The van der Waals surface area contributed by atoms with E-state index in [-0.39, 0.29) is 30.6 Å². The minimum Gasteiger partial charge on any atom is -0.324 e. The third-order valence-electron chi connectivity index (χ3n) is 5.47. The van der Waals surface area contributed by atoms with Crippen LogP contribution >= 0.6 is 0 Å². The molecule has 5 amide bonds. The first-order chi connectivity index (χ1) is 14.0. The first-order valence-electron chi connectivity index (χ1n) is 9.84. The summed E-state index contributed by atoms with van der Waals surface area (Å²) in [6.07, 6.45) is 1.31. The van der Waals surface area contributed by atoms with Gasteiger partial charge in [-0.15, -0.1) is 0 Å². The average molecular weight is 392 g/mol. The molecule has 2 aromatic carbocycles. The van der Waals surface area contributed by atoms with Gasteiger partial charge < -0.3 is 15.1 Å². The number of amides is 5. The van der Waals surface area contributed by atoms with Gasteiger partial charge in [0.05, 0.1) is 5.69 Å². The van der Waals surface area contributed by atoms with Crippen molar-refractivity contribution in [1.29, 1.82) is 0 Å². The number of nitrogens with one attached hydrogen (secondary N) is 1. The molecule has 29 heavy (non-hydrogen) atoms. The molecule has 0 atom stereocenters. The molecule has 0 spiro atoms. The molecule has 0 radical (unpaired) electrons. The number of likely N-dealkylation sites (tertiary alicyclic amines) is 1. The van der Waals surface area contributed by atoms with Gasteiger partial charge in [-0.25, -0.2) is 14.5 Å². The number of hydrogen-bond donors (Lipinski definition) is 1. The summed E-state index contributed by atoms with van der Waals surface area (Å²) in [6.45, 7) is 3.17. The zero-order valence-electron chi connectivity index (χ0n) is 16.4. The summed E-state index contributed by atoms with van der Waals surface area (Å²) in [7, 11) is 0. The number of rotatable bonds is 3. The lowest BCUT2D eigenvalue weighted by Gasteiger charge is -2.36. The predicted molar refractivity (Wildman–Crippen MR) is 111 cm³/mol. The summed E-state index contributed by atoms with van der Waals surface area (Å²) in [5.41, 5.74) is 2.46. The van der Waals surface area contributed by atoms with Gasteiger partial charge in [0, 0.05) is 24.8 Å². The molecule has 0 aromatic heterocycles. The molecule has 2 fully saturated rings. The predicted octanol–water partition coefficient (Wildman–Crippen LogP) is 3.46. The van der Waals surface area contributed by atoms with Gasteiger partial charge in [0.1, 0.15) is 6.54 Å². The van der Waals surface area contributed by atoms with Crippen molar-refractivity contribution in [1.82, 2.24) is 9.80 Å². The molecule has 2 aliphatic heterocycles. The minimum atomic E-state index is -0.274. The van der Waals surface area contributed by atoms with E-state index in [1.165, 1.54) is 4.90 Å². The van der Waals surface area contributed by atoms with Crippen LogP contribution in [-0.4, -0.2) is 53.4 Å². The van der Waals surface area contributed by atoms with Gasteiger partial charge >= 0.3 is 12.1 Å². The number of benzene rings is 2. The van der Waals surface area contributed by atoms with Gasteiger partial charge in [-0.3, -0.25) is 4.79 Å². The van der Waals surface area contributed by atoms with Gasteiger partial charge in [0.15, 0.2) is 0 Å². The fraction of sp³-hybridized carbons (Fsp3) is 0.318. The average Bonchev–Trinajstić information content (AvgIpc) is 3.03. The highest BCUT2D eigenvalue weighted by molar-refractivity contribution is 6.19. The first-order valence-corrected chi connectivity index (χ1v) is 9.84. The number of imide groups is 1. The summed E-state index contributed by atoms with van der Waals surface area (Å²) < 4.78 is 0. The molecule has 2 saturated heterocycles. The molecule has 2 aromatic rings. The van der Waals surface area contributed by atoms with E-state index in [0.717, 1.165) is 11.3 Å². The summed E-state index contributed by atoms with van der Waals surface area (Å²) in [5, 5.41) is 2.93. The van der Waals surface area contributed by atoms with Crippen molar-refractivity contribution in [2.75, 3.05) is 29.9 Å². The van der Waals surface area contributed by atoms with Crippen molar-refractivity contribution in [2.24, 2.45) is 0 Å². The van der Waals surface area contributed by atoms with Crippen LogP contribution < -0.4 is 10.2 Å². The van der Waals surface area contributed by atoms with Crippen molar-refractivity contribution in [3.8, 4) is 0 Å². The van der Waals surface area contributed by atoms with Crippen molar-refractivity contribution in [2.45, 2.75) is 25.8 Å². The normalized spacial score (nSPS) is 17.8. The molecule has 0 bridgehead atoms. The monoisotopic (exact) mass is 392 g/mol. The van der Waals surface area contributed by atoms with Crippen LogP contribution in [0.25, 0.3) is 0 Å². The Balaban J connectivity index is 1.35.